The zero-order valence-electron chi connectivity index (χ0n) is 17.5. The Kier molecular flexibility index (Phi) is 6.12. The molecule has 0 saturated carbocycles. The number of benzene rings is 1. The van der Waals surface area contributed by atoms with Gasteiger partial charge in [-0.15, -0.1) is 34.4 Å². The summed E-state index contributed by atoms with van der Waals surface area (Å²) in [5, 5.41) is 14.1. The summed E-state index contributed by atoms with van der Waals surface area (Å²) in [4.78, 5) is 34.6. The van der Waals surface area contributed by atoms with Crippen molar-refractivity contribution >= 4 is 56.4 Å². The van der Waals surface area contributed by atoms with Crippen molar-refractivity contribution in [2.75, 3.05) is 5.32 Å². The Morgan fingerprint density at radius 2 is 2.03 bits per heavy atom. The molecule has 0 aliphatic heterocycles. The molecule has 33 heavy (non-hydrogen) atoms. The van der Waals surface area contributed by atoms with E-state index >= 15 is 0 Å². The van der Waals surface area contributed by atoms with Crippen LogP contribution in [0.25, 0.3) is 31.9 Å². The maximum absolute atomic E-state index is 12.8. The molecule has 0 spiro atoms. The Hall–Kier alpha value is -3.21. The van der Waals surface area contributed by atoms with E-state index in [1.807, 2.05) is 66.2 Å². The molecule has 5 rings (SSSR count). The topological polar surface area (TPSA) is 104 Å². The van der Waals surface area contributed by atoms with Crippen LogP contribution in [0.5, 0.6) is 0 Å². The number of aromatic nitrogens is 4. The molecule has 0 aliphatic carbocycles. The van der Waals surface area contributed by atoms with Crippen LogP contribution in [-0.4, -0.2) is 31.3 Å². The molecule has 0 radical (unpaired) electrons. The van der Waals surface area contributed by atoms with E-state index < -0.39 is 0 Å². The summed E-state index contributed by atoms with van der Waals surface area (Å²) in [5.74, 6) is 1.30. The highest BCUT2D eigenvalue weighted by molar-refractivity contribution is 7.99. The van der Waals surface area contributed by atoms with Crippen molar-refractivity contribution in [3.63, 3.8) is 0 Å². The Morgan fingerprint density at radius 1 is 1.18 bits per heavy atom. The maximum Gasteiger partial charge on any atom is 0.260 e. The van der Waals surface area contributed by atoms with E-state index in [0.717, 1.165) is 21.7 Å². The molecule has 1 atom stereocenters. The van der Waals surface area contributed by atoms with Gasteiger partial charge in [-0.3, -0.25) is 14.7 Å². The van der Waals surface area contributed by atoms with Crippen LogP contribution in [0.1, 0.15) is 12.7 Å². The van der Waals surface area contributed by atoms with Crippen LogP contribution in [0.15, 0.2) is 64.1 Å². The van der Waals surface area contributed by atoms with Crippen LogP contribution in [0.3, 0.4) is 0 Å². The third-order valence-electron chi connectivity index (χ3n) is 5.03. The third kappa shape index (κ3) is 4.63. The summed E-state index contributed by atoms with van der Waals surface area (Å²) in [5.41, 5.74) is 2.58. The molecule has 1 aromatic carbocycles. The lowest BCUT2D eigenvalue weighted by Gasteiger charge is -2.10. The van der Waals surface area contributed by atoms with Crippen molar-refractivity contribution in [3.05, 3.63) is 75.5 Å². The quantitative estimate of drug-likeness (QED) is 0.283. The van der Waals surface area contributed by atoms with E-state index in [1.165, 1.54) is 23.1 Å². The third-order valence-corrected chi connectivity index (χ3v) is 7.96. The fourth-order valence-electron chi connectivity index (χ4n) is 3.34. The fourth-order valence-corrected chi connectivity index (χ4v) is 5.76. The van der Waals surface area contributed by atoms with E-state index in [9.17, 15) is 9.59 Å². The second-order valence-electron chi connectivity index (χ2n) is 7.29. The van der Waals surface area contributed by atoms with Crippen LogP contribution in [0.2, 0.25) is 0 Å². The highest BCUT2D eigenvalue weighted by Gasteiger charge is 2.18. The van der Waals surface area contributed by atoms with Crippen molar-refractivity contribution in [1.29, 1.82) is 0 Å². The highest BCUT2D eigenvalue weighted by Crippen LogP contribution is 2.31. The standard InChI is InChI=1S/C23H19N5O2S3/c1-13(21(29)24-18-10-16(27-28-18)17-8-5-9-31-17)32-12-19-25-22(30)20-15(11-33-23(20)26-19)14-6-3-2-4-7-14/h2-11,13H,12H2,1H3,(H,25,26,30)(H2,24,27,28,29). The smallest absolute Gasteiger partial charge is 0.260 e. The number of rotatable bonds is 7. The van der Waals surface area contributed by atoms with Gasteiger partial charge in [-0.1, -0.05) is 36.4 Å². The van der Waals surface area contributed by atoms with Gasteiger partial charge in [0, 0.05) is 17.0 Å². The predicted octanol–water partition coefficient (Wildman–Crippen LogP) is 5.36. The first-order valence-corrected chi connectivity index (χ1v) is 13.0. The van der Waals surface area contributed by atoms with Gasteiger partial charge in [0.05, 0.1) is 27.0 Å². The van der Waals surface area contributed by atoms with Gasteiger partial charge in [-0.2, -0.15) is 5.10 Å². The molecule has 3 N–H and O–H groups in total. The van der Waals surface area contributed by atoms with Gasteiger partial charge >= 0.3 is 0 Å². The first-order chi connectivity index (χ1) is 16.1. The Morgan fingerprint density at radius 3 is 2.82 bits per heavy atom. The summed E-state index contributed by atoms with van der Waals surface area (Å²) in [6.45, 7) is 1.82. The number of thioether (sulfide) groups is 1. The Bertz CT molecular complexity index is 1450. The number of nitrogens with one attached hydrogen (secondary N) is 3. The lowest BCUT2D eigenvalue weighted by Crippen LogP contribution is -2.23. The molecule has 4 aromatic heterocycles. The predicted molar refractivity (Wildman–Crippen MR) is 137 cm³/mol. The number of hydrogen-bond donors (Lipinski definition) is 3. The number of thiophene rings is 2. The molecule has 0 bridgehead atoms. The van der Waals surface area contributed by atoms with Crippen LogP contribution < -0.4 is 10.9 Å². The monoisotopic (exact) mass is 493 g/mol. The molecular weight excluding hydrogens is 474 g/mol. The SMILES string of the molecule is CC(SCc1nc2scc(-c3ccccc3)c2c(=O)[nH]1)C(=O)Nc1cc(-c2cccs2)[nH]n1. The number of aromatic amines is 2. The molecule has 0 saturated heterocycles. The number of amides is 1. The summed E-state index contributed by atoms with van der Waals surface area (Å²) >= 11 is 4.45. The second kappa shape index (κ2) is 9.34. The van der Waals surface area contributed by atoms with Crippen LogP contribution >= 0.6 is 34.4 Å². The molecular formula is C23H19N5O2S3. The van der Waals surface area contributed by atoms with Crippen LogP contribution in [-0.2, 0) is 10.5 Å². The number of carbonyl (C=O) groups excluding carboxylic acids is 1. The molecule has 1 amide bonds. The molecule has 166 valence electrons. The van der Waals surface area contributed by atoms with Gasteiger partial charge < -0.3 is 10.3 Å². The summed E-state index contributed by atoms with van der Waals surface area (Å²) in [6, 6.07) is 15.6. The molecule has 4 heterocycles. The average molecular weight is 494 g/mol. The lowest BCUT2D eigenvalue weighted by atomic mass is 10.1. The largest absolute Gasteiger partial charge is 0.309 e. The highest BCUT2D eigenvalue weighted by atomic mass is 32.2. The molecule has 0 fully saturated rings. The zero-order valence-corrected chi connectivity index (χ0v) is 19.9. The van der Waals surface area contributed by atoms with Crippen molar-refractivity contribution in [3.8, 4) is 21.7 Å². The summed E-state index contributed by atoms with van der Waals surface area (Å²) in [6.07, 6.45) is 0. The maximum atomic E-state index is 12.8. The normalized spacial score (nSPS) is 12.2. The van der Waals surface area contributed by atoms with Crippen molar-refractivity contribution < 1.29 is 4.79 Å². The van der Waals surface area contributed by atoms with Crippen molar-refractivity contribution in [2.24, 2.45) is 0 Å². The van der Waals surface area contributed by atoms with Crippen LogP contribution in [0.4, 0.5) is 5.82 Å². The Labute approximate surface area is 201 Å². The minimum absolute atomic E-state index is 0.157. The van der Waals surface area contributed by atoms with E-state index in [-0.39, 0.29) is 16.7 Å². The number of anilines is 1. The summed E-state index contributed by atoms with van der Waals surface area (Å²) < 4.78 is 0. The van der Waals surface area contributed by atoms with Crippen LogP contribution in [0, 0.1) is 0 Å². The lowest BCUT2D eigenvalue weighted by molar-refractivity contribution is -0.115. The zero-order chi connectivity index (χ0) is 22.8. The molecule has 5 aromatic rings. The van der Waals surface area contributed by atoms with E-state index in [4.69, 9.17) is 0 Å². The first kappa shape index (κ1) is 21.6. The molecule has 1 unspecified atom stereocenters. The number of fused-ring (bicyclic) bond motifs is 1. The summed E-state index contributed by atoms with van der Waals surface area (Å²) in [7, 11) is 0. The van der Waals surface area contributed by atoms with Gasteiger partial charge in [0.25, 0.3) is 5.56 Å². The van der Waals surface area contributed by atoms with Gasteiger partial charge in [0.1, 0.15) is 10.7 Å². The minimum atomic E-state index is -0.351. The number of carbonyl (C=O) groups is 1. The minimum Gasteiger partial charge on any atom is -0.309 e. The molecule has 10 heteroatoms. The van der Waals surface area contributed by atoms with Crippen molar-refractivity contribution in [1.82, 2.24) is 20.2 Å². The van der Waals surface area contributed by atoms with Gasteiger partial charge in [-0.05, 0) is 23.9 Å². The first-order valence-electron chi connectivity index (χ1n) is 10.2. The number of hydrogen-bond acceptors (Lipinski definition) is 7. The number of nitrogens with zero attached hydrogens (tertiary/aromatic N) is 2. The Balaban J connectivity index is 1.25. The average Bonchev–Trinajstić information content (AvgIpc) is 3.58. The van der Waals surface area contributed by atoms with E-state index in [0.29, 0.717) is 27.6 Å². The van der Waals surface area contributed by atoms with Gasteiger partial charge in [0.2, 0.25) is 5.91 Å². The van der Waals surface area contributed by atoms with E-state index in [2.05, 4.69) is 25.5 Å². The second-order valence-corrected chi connectivity index (χ2v) is 10.4. The fraction of sp³-hybridized carbons (Fsp3) is 0.130. The van der Waals surface area contributed by atoms with Gasteiger partial charge in [0.15, 0.2) is 5.82 Å². The van der Waals surface area contributed by atoms with Gasteiger partial charge in [-0.25, -0.2) is 4.98 Å². The number of H-pyrrole nitrogens is 2. The van der Waals surface area contributed by atoms with Crippen molar-refractivity contribution in [2.45, 2.75) is 17.9 Å². The molecule has 0 aliphatic rings. The van der Waals surface area contributed by atoms with E-state index in [1.54, 1.807) is 11.3 Å². The molecule has 7 nitrogen and oxygen atoms in total.